The van der Waals surface area contributed by atoms with Crippen LogP contribution in [0.1, 0.15) is 10.4 Å². The summed E-state index contributed by atoms with van der Waals surface area (Å²) in [6.07, 6.45) is -4.14. The molecule has 0 bridgehead atoms. The first-order chi connectivity index (χ1) is 8.49. The number of alkyl halides is 3. The van der Waals surface area contributed by atoms with Crippen molar-refractivity contribution in [3.63, 3.8) is 0 Å². The first-order valence-electron chi connectivity index (χ1n) is 4.87. The smallest absolute Gasteiger partial charge is 0.406 e. The molecule has 0 amide bonds. The predicted octanol–water partition coefficient (Wildman–Crippen LogP) is 4.13. The van der Waals surface area contributed by atoms with E-state index in [1.165, 1.54) is 23.5 Å². The Morgan fingerprint density at radius 1 is 1.22 bits per heavy atom. The van der Waals surface area contributed by atoms with Gasteiger partial charge in [0.25, 0.3) is 0 Å². The van der Waals surface area contributed by atoms with E-state index in [0.29, 0.717) is 23.0 Å². The number of ether oxygens (including phenoxy) is 1. The predicted molar refractivity (Wildman–Crippen MR) is 61.8 cm³/mol. The SMILES string of the molecule is O=Cc1ccc(OC(F)(F)F)cc1-c1ccsc1. The lowest BCUT2D eigenvalue weighted by molar-refractivity contribution is -0.274. The first-order valence-corrected chi connectivity index (χ1v) is 5.81. The quantitative estimate of drug-likeness (QED) is 0.785. The molecular weight excluding hydrogens is 265 g/mol. The molecule has 1 aromatic carbocycles. The van der Waals surface area contributed by atoms with Gasteiger partial charge in [-0.05, 0) is 46.2 Å². The minimum absolute atomic E-state index is 0.322. The molecule has 2 rings (SSSR count). The number of benzene rings is 1. The van der Waals surface area contributed by atoms with Gasteiger partial charge in [0, 0.05) is 5.56 Å². The van der Waals surface area contributed by atoms with Gasteiger partial charge in [0.05, 0.1) is 0 Å². The van der Waals surface area contributed by atoms with E-state index >= 15 is 0 Å². The number of thiophene rings is 1. The number of carbonyl (C=O) groups excluding carboxylic acids is 1. The van der Waals surface area contributed by atoms with Crippen LogP contribution in [0.3, 0.4) is 0 Å². The summed E-state index contributed by atoms with van der Waals surface area (Å²) in [5, 5.41) is 3.53. The summed E-state index contributed by atoms with van der Waals surface area (Å²) in [4.78, 5) is 10.9. The minimum Gasteiger partial charge on any atom is -0.406 e. The molecule has 18 heavy (non-hydrogen) atoms. The zero-order chi connectivity index (χ0) is 13.2. The second kappa shape index (κ2) is 4.81. The van der Waals surface area contributed by atoms with Crippen molar-refractivity contribution < 1.29 is 22.7 Å². The Morgan fingerprint density at radius 2 is 2.00 bits per heavy atom. The molecule has 2 nitrogen and oxygen atoms in total. The van der Waals surface area contributed by atoms with E-state index in [2.05, 4.69) is 4.74 Å². The van der Waals surface area contributed by atoms with Gasteiger partial charge in [0.15, 0.2) is 6.29 Å². The molecule has 0 saturated heterocycles. The second-order valence-corrected chi connectivity index (χ2v) is 4.21. The van der Waals surface area contributed by atoms with Crippen molar-refractivity contribution >= 4 is 17.6 Å². The van der Waals surface area contributed by atoms with Crippen LogP contribution < -0.4 is 4.74 Å². The summed E-state index contributed by atoms with van der Waals surface area (Å²) in [7, 11) is 0. The topological polar surface area (TPSA) is 26.3 Å². The molecule has 94 valence electrons. The Kier molecular flexibility index (Phi) is 3.38. The van der Waals surface area contributed by atoms with Gasteiger partial charge in [0.2, 0.25) is 0 Å². The number of halogens is 3. The third-order valence-electron chi connectivity index (χ3n) is 2.22. The monoisotopic (exact) mass is 272 g/mol. The molecular formula is C12H7F3O2S. The maximum Gasteiger partial charge on any atom is 0.573 e. The maximum atomic E-state index is 12.1. The normalized spacial score (nSPS) is 11.3. The van der Waals surface area contributed by atoms with Crippen molar-refractivity contribution in [2.24, 2.45) is 0 Å². The van der Waals surface area contributed by atoms with Gasteiger partial charge in [-0.2, -0.15) is 11.3 Å². The van der Waals surface area contributed by atoms with Crippen LogP contribution in [0.5, 0.6) is 5.75 Å². The Labute approximate surface area is 105 Å². The van der Waals surface area contributed by atoms with Crippen LogP contribution in [0.15, 0.2) is 35.0 Å². The van der Waals surface area contributed by atoms with Gasteiger partial charge in [-0.25, -0.2) is 0 Å². The van der Waals surface area contributed by atoms with Crippen LogP contribution in [0.4, 0.5) is 13.2 Å². The molecule has 0 fully saturated rings. The van der Waals surface area contributed by atoms with Crippen molar-refractivity contribution in [3.8, 4) is 16.9 Å². The maximum absolute atomic E-state index is 12.1. The average molecular weight is 272 g/mol. The van der Waals surface area contributed by atoms with E-state index in [1.54, 1.807) is 16.8 Å². The highest BCUT2D eigenvalue weighted by atomic mass is 32.1. The molecule has 0 unspecified atom stereocenters. The molecule has 1 heterocycles. The fourth-order valence-corrected chi connectivity index (χ4v) is 2.16. The van der Waals surface area contributed by atoms with E-state index in [1.807, 2.05) is 0 Å². The molecule has 0 aliphatic heterocycles. The van der Waals surface area contributed by atoms with Gasteiger partial charge in [-0.1, -0.05) is 0 Å². The van der Waals surface area contributed by atoms with Crippen molar-refractivity contribution in [2.45, 2.75) is 6.36 Å². The van der Waals surface area contributed by atoms with Gasteiger partial charge in [-0.3, -0.25) is 4.79 Å². The lowest BCUT2D eigenvalue weighted by Gasteiger charge is -2.11. The number of hydrogen-bond donors (Lipinski definition) is 0. The number of aldehydes is 1. The van der Waals surface area contributed by atoms with Crippen LogP contribution in [-0.4, -0.2) is 12.6 Å². The number of carbonyl (C=O) groups is 1. The minimum atomic E-state index is -4.74. The zero-order valence-corrected chi connectivity index (χ0v) is 9.72. The molecule has 2 aromatic rings. The first kappa shape index (κ1) is 12.6. The lowest BCUT2D eigenvalue weighted by Crippen LogP contribution is -2.17. The van der Waals surface area contributed by atoms with Crippen LogP contribution in [-0.2, 0) is 0 Å². The molecule has 0 aliphatic carbocycles. The van der Waals surface area contributed by atoms with Gasteiger partial charge in [-0.15, -0.1) is 13.2 Å². The highest BCUT2D eigenvalue weighted by Crippen LogP contribution is 2.31. The molecule has 1 aromatic heterocycles. The summed E-state index contributed by atoms with van der Waals surface area (Å²) in [6, 6.07) is 5.36. The standard InChI is InChI=1S/C12H7F3O2S/c13-12(14,15)17-10-2-1-8(6-16)11(5-10)9-3-4-18-7-9/h1-7H. The highest BCUT2D eigenvalue weighted by molar-refractivity contribution is 7.08. The Hall–Kier alpha value is -1.82. The van der Waals surface area contributed by atoms with Crippen LogP contribution >= 0.6 is 11.3 Å². The van der Waals surface area contributed by atoms with Gasteiger partial charge >= 0.3 is 6.36 Å². The molecule has 0 saturated carbocycles. The molecule has 0 spiro atoms. The van der Waals surface area contributed by atoms with E-state index in [4.69, 9.17) is 0 Å². The van der Waals surface area contributed by atoms with Crippen LogP contribution in [0, 0.1) is 0 Å². The summed E-state index contributed by atoms with van der Waals surface area (Å²) in [5.41, 5.74) is 1.44. The van der Waals surface area contributed by atoms with Crippen molar-refractivity contribution in [3.05, 3.63) is 40.6 Å². The van der Waals surface area contributed by atoms with Crippen LogP contribution in [0.25, 0.3) is 11.1 Å². The van der Waals surface area contributed by atoms with E-state index in [0.717, 1.165) is 6.07 Å². The van der Waals surface area contributed by atoms with E-state index < -0.39 is 6.36 Å². The molecule has 0 N–H and O–H groups in total. The van der Waals surface area contributed by atoms with Crippen LogP contribution in [0.2, 0.25) is 0 Å². The number of rotatable bonds is 3. The second-order valence-electron chi connectivity index (χ2n) is 3.43. The Balaban J connectivity index is 2.43. The average Bonchev–Trinajstić information content (AvgIpc) is 2.80. The Bertz CT molecular complexity index is 547. The van der Waals surface area contributed by atoms with E-state index in [-0.39, 0.29) is 5.75 Å². The fourth-order valence-electron chi connectivity index (χ4n) is 1.50. The Morgan fingerprint density at radius 3 is 2.56 bits per heavy atom. The number of hydrogen-bond acceptors (Lipinski definition) is 3. The fraction of sp³-hybridized carbons (Fsp3) is 0.0833. The molecule has 0 atom stereocenters. The molecule has 0 radical (unpaired) electrons. The van der Waals surface area contributed by atoms with Crippen molar-refractivity contribution in [2.75, 3.05) is 0 Å². The third-order valence-corrected chi connectivity index (χ3v) is 2.90. The van der Waals surface area contributed by atoms with Crippen molar-refractivity contribution in [1.82, 2.24) is 0 Å². The summed E-state index contributed by atoms with van der Waals surface area (Å²) in [6.45, 7) is 0. The largest absolute Gasteiger partial charge is 0.573 e. The lowest BCUT2D eigenvalue weighted by atomic mass is 10.0. The van der Waals surface area contributed by atoms with Gasteiger partial charge < -0.3 is 4.74 Å². The summed E-state index contributed by atoms with van der Waals surface area (Å²) in [5.74, 6) is -0.339. The highest BCUT2D eigenvalue weighted by Gasteiger charge is 2.31. The summed E-state index contributed by atoms with van der Waals surface area (Å²) >= 11 is 1.39. The summed E-state index contributed by atoms with van der Waals surface area (Å²) < 4.78 is 40.2. The van der Waals surface area contributed by atoms with Gasteiger partial charge in [0.1, 0.15) is 5.75 Å². The third kappa shape index (κ3) is 2.89. The zero-order valence-electron chi connectivity index (χ0n) is 8.90. The molecule has 0 aliphatic rings. The molecule has 6 heteroatoms. The van der Waals surface area contributed by atoms with E-state index in [9.17, 15) is 18.0 Å². The van der Waals surface area contributed by atoms with Crippen molar-refractivity contribution in [1.29, 1.82) is 0 Å².